The van der Waals surface area contributed by atoms with Gasteiger partial charge in [0.15, 0.2) is 5.78 Å². The number of anilines is 3. The number of carbonyl (C=O) groups is 1. The van der Waals surface area contributed by atoms with E-state index in [0.29, 0.717) is 34.8 Å². The van der Waals surface area contributed by atoms with Crippen molar-refractivity contribution in [3.63, 3.8) is 0 Å². The fraction of sp³-hybridized carbons (Fsp3) is 0.0769. The van der Waals surface area contributed by atoms with E-state index in [1.165, 1.54) is 0 Å². The lowest BCUT2D eigenvalue weighted by atomic mass is 9.94. The Bertz CT molecular complexity index is 1200. The van der Waals surface area contributed by atoms with E-state index in [1.807, 2.05) is 85.8 Å². The van der Waals surface area contributed by atoms with Crippen LogP contribution in [0.5, 0.6) is 0 Å². The molecule has 0 aliphatic heterocycles. The molecule has 4 rings (SSSR count). The SMILES string of the molecule is Cc1ccccc1NC1=CC(=O)C(Cc2ccc(N)cc2)=CC1=Nc1ccc(N)cc1. The third-order valence-corrected chi connectivity index (χ3v) is 5.11. The molecule has 5 heteroatoms. The van der Waals surface area contributed by atoms with Crippen LogP contribution in [0.1, 0.15) is 11.1 Å². The zero-order valence-electron chi connectivity index (χ0n) is 17.3. The van der Waals surface area contributed by atoms with Crippen LogP contribution in [-0.4, -0.2) is 11.5 Å². The van der Waals surface area contributed by atoms with Gasteiger partial charge in [-0.3, -0.25) is 4.79 Å². The molecule has 0 amide bonds. The molecular formula is C26H24N4O. The van der Waals surface area contributed by atoms with Crippen LogP contribution < -0.4 is 16.8 Å². The maximum absolute atomic E-state index is 12.9. The molecule has 0 unspecified atom stereocenters. The molecule has 0 saturated carbocycles. The smallest absolute Gasteiger partial charge is 0.184 e. The lowest BCUT2D eigenvalue weighted by molar-refractivity contribution is -0.111. The molecule has 0 radical (unpaired) electrons. The van der Waals surface area contributed by atoms with Crippen LogP contribution in [0.2, 0.25) is 0 Å². The molecule has 31 heavy (non-hydrogen) atoms. The van der Waals surface area contributed by atoms with Gasteiger partial charge in [-0.2, -0.15) is 0 Å². The molecule has 5 nitrogen and oxygen atoms in total. The number of hydrogen-bond donors (Lipinski definition) is 3. The standard InChI is InChI=1S/C26H24N4O/c1-17-4-2-3-5-23(17)30-25-16-26(31)19(14-18-6-8-20(27)9-7-18)15-24(25)29-22-12-10-21(28)11-13-22/h2-13,15-16,30H,14,27-28H2,1H3. The van der Waals surface area contributed by atoms with Gasteiger partial charge in [-0.1, -0.05) is 30.3 Å². The predicted octanol–water partition coefficient (Wildman–Crippen LogP) is 4.98. The zero-order valence-corrected chi connectivity index (χ0v) is 17.3. The highest BCUT2D eigenvalue weighted by atomic mass is 16.1. The third-order valence-electron chi connectivity index (χ3n) is 5.11. The number of benzene rings is 3. The summed E-state index contributed by atoms with van der Waals surface area (Å²) < 4.78 is 0. The number of hydrogen-bond acceptors (Lipinski definition) is 5. The van der Waals surface area contributed by atoms with Gasteiger partial charge in [0, 0.05) is 35.1 Å². The minimum atomic E-state index is -0.0378. The summed E-state index contributed by atoms with van der Waals surface area (Å²) in [6, 6.07) is 22.8. The summed E-state index contributed by atoms with van der Waals surface area (Å²) in [7, 11) is 0. The van der Waals surface area contributed by atoms with Gasteiger partial charge < -0.3 is 16.8 Å². The van der Waals surface area contributed by atoms with Crippen molar-refractivity contribution in [1.29, 1.82) is 0 Å². The van der Waals surface area contributed by atoms with Crippen molar-refractivity contribution < 1.29 is 4.79 Å². The van der Waals surface area contributed by atoms with Crippen molar-refractivity contribution >= 4 is 34.2 Å². The summed E-state index contributed by atoms with van der Waals surface area (Å²) in [5.41, 5.74) is 18.8. The molecule has 0 aromatic heterocycles. The van der Waals surface area contributed by atoms with Gasteiger partial charge >= 0.3 is 0 Å². The van der Waals surface area contributed by atoms with E-state index in [1.54, 1.807) is 6.08 Å². The Balaban J connectivity index is 1.70. The predicted molar refractivity (Wildman–Crippen MR) is 128 cm³/mol. The van der Waals surface area contributed by atoms with Gasteiger partial charge in [-0.25, -0.2) is 4.99 Å². The topological polar surface area (TPSA) is 93.5 Å². The number of para-hydroxylation sites is 1. The van der Waals surface area contributed by atoms with Crippen LogP contribution in [0.15, 0.2) is 101 Å². The number of nitrogens with zero attached hydrogens (tertiary/aromatic N) is 1. The number of nitrogens with two attached hydrogens (primary N) is 2. The Hall–Kier alpha value is -4.12. The molecule has 154 valence electrons. The Morgan fingerprint density at radius 3 is 2.16 bits per heavy atom. The zero-order chi connectivity index (χ0) is 21.8. The molecule has 3 aromatic rings. The highest BCUT2D eigenvalue weighted by molar-refractivity contribution is 6.23. The van der Waals surface area contributed by atoms with Gasteiger partial charge in [0.2, 0.25) is 0 Å². The van der Waals surface area contributed by atoms with Crippen molar-refractivity contribution in [2.45, 2.75) is 13.3 Å². The molecule has 0 saturated heterocycles. The molecule has 0 heterocycles. The lowest BCUT2D eigenvalue weighted by Gasteiger charge is -2.18. The number of rotatable bonds is 5. The monoisotopic (exact) mass is 408 g/mol. The van der Waals surface area contributed by atoms with E-state index >= 15 is 0 Å². The number of aryl methyl sites for hydroxylation is 1. The van der Waals surface area contributed by atoms with Gasteiger partial charge in [-0.05, 0) is 66.6 Å². The Morgan fingerprint density at radius 1 is 0.839 bits per heavy atom. The van der Waals surface area contributed by atoms with Crippen molar-refractivity contribution in [3.05, 3.63) is 107 Å². The Morgan fingerprint density at radius 2 is 1.48 bits per heavy atom. The summed E-state index contributed by atoms with van der Waals surface area (Å²) in [5, 5.41) is 3.38. The number of ketones is 1. The van der Waals surface area contributed by atoms with Crippen LogP contribution in [-0.2, 0) is 11.2 Å². The lowest BCUT2D eigenvalue weighted by Crippen LogP contribution is -2.20. The quantitative estimate of drug-likeness (QED) is 0.410. The van der Waals surface area contributed by atoms with Crippen molar-refractivity contribution in [3.8, 4) is 0 Å². The summed E-state index contributed by atoms with van der Waals surface area (Å²) in [6.45, 7) is 2.02. The molecular weight excluding hydrogens is 384 g/mol. The largest absolute Gasteiger partial charge is 0.399 e. The first-order valence-electron chi connectivity index (χ1n) is 10.1. The number of allylic oxidation sites excluding steroid dienone is 3. The van der Waals surface area contributed by atoms with E-state index in [4.69, 9.17) is 16.5 Å². The van der Waals surface area contributed by atoms with E-state index in [2.05, 4.69) is 5.32 Å². The van der Waals surface area contributed by atoms with Gasteiger partial charge in [0.05, 0.1) is 17.1 Å². The van der Waals surface area contributed by atoms with Crippen LogP contribution in [0.4, 0.5) is 22.7 Å². The van der Waals surface area contributed by atoms with E-state index in [0.717, 1.165) is 22.5 Å². The first-order chi connectivity index (χ1) is 15.0. The molecule has 0 fully saturated rings. The normalized spacial score (nSPS) is 14.9. The Kier molecular flexibility index (Phi) is 5.67. The summed E-state index contributed by atoms with van der Waals surface area (Å²) in [4.78, 5) is 17.7. The van der Waals surface area contributed by atoms with E-state index in [-0.39, 0.29) is 5.78 Å². The molecule has 3 aromatic carbocycles. The van der Waals surface area contributed by atoms with Gasteiger partial charge in [0.1, 0.15) is 0 Å². The minimum absolute atomic E-state index is 0.0378. The number of nitrogen functional groups attached to an aromatic ring is 2. The average Bonchev–Trinajstić information content (AvgIpc) is 2.76. The van der Waals surface area contributed by atoms with Crippen LogP contribution in [0.3, 0.4) is 0 Å². The fourth-order valence-electron chi connectivity index (χ4n) is 3.34. The highest BCUT2D eigenvalue weighted by Gasteiger charge is 2.20. The summed E-state index contributed by atoms with van der Waals surface area (Å²) in [5.74, 6) is -0.0378. The number of carbonyl (C=O) groups excluding carboxylic acids is 1. The molecule has 1 aliphatic rings. The van der Waals surface area contributed by atoms with Crippen LogP contribution in [0.25, 0.3) is 0 Å². The molecule has 0 atom stereocenters. The second-order valence-electron chi connectivity index (χ2n) is 7.54. The van der Waals surface area contributed by atoms with Crippen molar-refractivity contribution in [2.75, 3.05) is 16.8 Å². The first-order valence-corrected chi connectivity index (χ1v) is 10.1. The second-order valence-corrected chi connectivity index (χ2v) is 7.54. The minimum Gasteiger partial charge on any atom is -0.399 e. The van der Waals surface area contributed by atoms with Crippen LogP contribution >= 0.6 is 0 Å². The molecule has 1 aliphatic carbocycles. The molecule has 5 N–H and O–H groups in total. The molecule has 0 bridgehead atoms. The average molecular weight is 409 g/mol. The third kappa shape index (κ3) is 4.90. The Labute approximate surface area is 181 Å². The van der Waals surface area contributed by atoms with Gasteiger partial charge in [-0.15, -0.1) is 0 Å². The maximum Gasteiger partial charge on any atom is 0.184 e. The number of nitrogens with one attached hydrogen (secondary N) is 1. The summed E-state index contributed by atoms with van der Waals surface area (Å²) in [6.07, 6.45) is 3.98. The van der Waals surface area contributed by atoms with Crippen molar-refractivity contribution in [1.82, 2.24) is 0 Å². The van der Waals surface area contributed by atoms with E-state index < -0.39 is 0 Å². The summed E-state index contributed by atoms with van der Waals surface area (Å²) >= 11 is 0. The second kappa shape index (κ2) is 8.71. The number of aliphatic imine (C=N–C) groups is 1. The maximum atomic E-state index is 12.9. The van der Waals surface area contributed by atoms with E-state index in [9.17, 15) is 4.79 Å². The fourth-order valence-corrected chi connectivity index (χ4v) is 3.34. The first kappa shape index (κ1) is 20.2. The highest BCUT2D eigenvalue weighted by Crippen LogP contribution is 2.24. The molecule has 0 spiro atoms. The van der Waals surface area contributed by atoms with Gasteiger partial charge in [0.25, 0.3) is 0 Å². The van der Waals surface area contributed by atoms with Crippen LogP contribution in [0, 0.1) is 6.92 Å². The van der Waals surface area contributed by atoms with Crippen molar-refractivity contribution in [2.24, 2.45) is 4.99 Å².